The van der Waals surface area contributed by atoms with Gasteiger partial charge in [-0.05, 0) is 36.4 Å². The van der Waals surface area contributed by atoms with E-state index in [1.54, 1.807) is 30.5 Å². The lowest BCUT2D eigenvalue weighted by atomic mass is 10.2. The zero-order chi connectivity index (χ0) is 12.3. The summed E-state index contributed by atoms with van der Waals surface area (Å²) in [6.45, 7) is 0. The van der Waals surface area contributed by atoms with Gasteiger partial charge in [0.2, 0.25) is 0 Å². The normalized spacial score (nSPS) is 9.94. The number of hydrogen-bond acceptors (Lipinski definition) is 3. The maximum Gasteiger partial charge on any atom is 0.140 e. The smallest absolute Gasteiger partial charge is 0.140 e. The van der Waals surface area contributed by atoms with Gasteiger partial charge in [0.15, 0.2) is 0 Å². The van der Waals surface area contributed by atoms with E-state index >= 15 is 0 Å². The highest BCUT2D eigenvalue weighted by atomic mass is 32.1. The molecule has 2 aromatic rings. The van der Waals surface area contributed by atoms with E-state index < -0.39 is 0 Å². The second-order valence-corrected chi connectivity index (χ2v) is 3.84. The largest absolute Gasteiger partial charge is 0.389 e. The van der Waals surface area contributed by atoms with Crippen LogP contribution in [0.5, 0.6) is 0 Å². The van der Waals surface area contributed by atoms with Gasteiger partial charge in [-0.3, -0.25) is 0 Å². The van der Waals surface area contributed by atoms with E-state index in [2.05, 4.69) is 10.3 Å². The van der Waals surface area contributed by atoms with Crippen molar-refractivity contribution in [2.75, 3.05) is 5.32 Å². The maximum absolute atomic E-state index is 12.7. The van der Waals surface area contributed by atoms with E-state index in [9.17, 15) is 4.39 Å². The highest BCUT2D eigenvalue weighted by Gasteiger charge is 2.05. The van der Waals surface area contributed by atoms with Crippen LogP contribution in [0.1, 0.15) is 5.56 Å². The number of pyridine rings is 1. The maximum atomic E-state index is 12.7. The topological polar surface area (TPSA) is 50.9 Å². The molecule has 2 rings (SSSR count). The van der Waals surface area contributed by atoms with E-state index in [0.717, 1.165) is 5.69 Å². The Morgan fingerprint density at radius 2 is 1.94 bits per heavy atom. The van der Waals surface area contributed by atoms with Crippen molar-refractivity contribution in [3.63, 3.8) is 0 Å². The van der Waals surface area contributed by atoms with Gasteiger partial charge in [0.25, 0.3) is 0 Å². The first kappa shape index (κ1) is 11.5. The van der Waals surface area contributed by atoms with Crippen LogP contribution in [-0.2, 0) is 0 Å². The number of rotatable bonds is 3. The number of nitrogens with zero attached hydrogens (tertiary/aromatic N) is 1. The van der Waals surface area contributed by atoms with Crippen LogP contribution in [0.25, 0.3) is 0 Å². The molecule has 0 unspecified atom stereocenters. The van der Waals surface area contributed by atoms with Gasteiger partial charge in [-0.1, -0.05) is 12.2 Å². The Morgan fingerprint density at radius 1 is 1.24 bits per heavy atom. The molecule has 0 amide bonds. The summed E-state index contributed by atoms with van der Waals surface area (Å²) >= 11 is 4.92. The minimum absolute atomic E-state index is 0.266. The van der Waals surface area contributed by atoms with Gasteiger partial charge in [-0.25, -0.2) is 9.37 Å². The molecule has 5 heteroatoms. The quantitative estimate of drug-likeness (QED) is 0.819. The molecule has 0 fully saturated rings. The van der Waals surface area contributed by atoms with Crippen LogP contribution in [0.3, 0.4) is 0 Å². The SMILES string of the molecule is NC(=S)c1cccnc1Nc1ccc(F)cc1. The fourth-order valence-electron chi connectivity index (χ4n) is 1.37. The standard InChI is InChI=1S/C12H10FN3S/c13-8-3-5-9(6-4-8)16-12-10(11(14)17)2-1-7-15-12/h1-7H,(H2,14,17)(H,15,16). The Hall–Kier alpha value is -2.01. The molecule has 1 aromatic heterocycles. The van der Waals surface area contributed by atoms with E-state index in [-0.39, 0.29) is 10.8 Å². The van der Waals surface area contributed by atoms with E-state index in [1.807, 2.05) is 0 Å². The highest BCUT2D eigenvalue weighted by Crippen LogP contribution is 2.18. The average Bonchev–Trinajstić information content (AvgIpc) is 2.32. The van der Waals surface area contributed by atoms with Crippen LogP contribution in [0.15, 0.2) is 42.6 Å². The average molecular weight is 247 g/mol. The number of hydrogen-bond donors (Lipinski definition) is 2. The second kappa shape index (κ2) is 4.88. The summed E-state index contributed by atoms with van der Waals surface area (Å²) in [6, 6.07) is 9.50. The summed E-state index contributed by atoms with van der Waals surface area (Å²) in [6.07, 6.45) is 1.63. The molecule has 0 spiro atoms. The number of thiocarbonyl (C=S) groups is 1. The van der Waals surface area contributed by atoms with Crippen molar-refractivity contribution >= 4 is 28.7 Å². The Morgan fingerprint density at radius 3 is 2.59 bits per heavy atom. The van der Waals surface area contributed by atoms with Gasteiger partial charge in [-0.2, -0.15) is 0 Å². The first-order valence-electron chi connectivity index (χ1n) is 4.94. The Kier molecular flexibility index (Phi) is 3.30. The van der Waals surface area contributed by atoms with Crippen molar-refractivity contribution < 1.29 is 4.39 Å². The third kappa shape index (κ3) is 2.76. The van der Waals surface area contributed by atoms with Gasteiger partial charge >= 0.3 is 0 Å². The predicted octanol–water partition coefficient (Wildman–Crippen LogP) is 2.60. The summed E-state index contributed by atoms with van der Waals surface area (Å²) in [7, 11) is 0. The fraction of sp³-hybridized carbons (Fsp3) is 0. The minimum Gasteiger partial charge on any atom is -0.389 e. The number of halogens is 1. The first-order chi connectivity index (χ1) is 8.16. The molecule has 0 aliphatic carbocycles. The molecule has 0 aliphatic rings. The third-order valence-corrected chi connectivity index (χ3v) is 2.40. The molecule has 0 saturated heterocycles. The highest BCUT2D eigenvalue weighted by molar-refractivity contribution is 7.80. The van der Waals surface area contributed by atoms with E-state index in [0.29, 0.717) is 11.4 Å². The van der Waals surface area contributed by atoms with Crippen LogP contribution >= 0.6 is 12.2 Å². The van der Waals surface area contributed by atoms with Crippen molar-refractivity contribution in [1.82, 2.24) is 4.98 Å². The molecule has 3 nitrogen and oxygen atoms in total. The summed E-state index contributed by atoms with van der Waals surface area (Å²) in [5.41, 5.74) is 6.97. The van der Waals surface area contributed by atoms with Crippen LogP contribution in [0, 0.1) is 5.82 Å². The van der Waals surface area contributed by atoms with Crippen molar-refractivity contribution in [3.8, 4) is 0 Å². The monoisotopic (exact) mass is 247 g/mol. The molecule has 0 bridgehead atoms. The Balaban J connectivity index is 2.30. The lowest BCUT2D eigenvalue weighted by molar-refractivity contribution is 0.628. The van der Waals surface area contributed by atoms with Gasteiger partial charge in [0.05, 0.1) is 5.56 Å². The van der Waals surface area contributed by atoms with Crippen molar-refractivity contribution in [2.24, 2.45) is 5.73 Å². The fourth-order valence-corrected chi connectivity index (χ4v) is 1.54. The van der Waals surface area contributed by atoms with Crippen LogP contribution in [0.4, 0.5) is 15.9 Å². The van der Waals surface area contributed by atoms with Gasteiger partial charge in [0.1, 0.15) is 16.6 Å². The zero-order valence-corrected chi connectivity index (χ0v) is 9.67. The Labute approximate surface area is 103 Å². The Bertz CT molecular complexity index is 540. The van der Waals surface area contributed by atoms with Crippen molar-refractivity contribution in [3.05, 3.63) is 54.0 Å². The van der Waals surface area contributed by atoms with Crippen LogP contribution in [0.2, 0.25) is 0 Å². The first-order valence-corrected chi connectivity index (χ1v) is 5.35. The van der Waals surface area contributed by atoms with Gasteiger partial charge < -0.3 is 11.1 Å². The molecule has 0 radical (unpaired) electrons. The molecule has 86 valence electrons. The molecule has 0 atom stereocenters. The molecule has 0 aliphatic heterocycles. The summed E-state index contributed by atoms with van der Waals surface area (Å²) < 4.78 is 12.7. The van der Waals surface area contributed by atoms with Crippen LogP contribution in [-0.4, -0.2) is 9.97 Å². The third-order valence-electron chi connectivity index (χ3n) is 2.18. The molecular weight excluding hydrogens is 237 g/mol. The molecule has 17 heavy (non-hydrogen) atoms. The number of nitrogens with one attached hydrogen (secondary N) is 1. The molecule has 1 heterocycles. The minimum atomic E-state index is -0.286. The van der Waals surface area contributed by atoms with Gasteiger partial charge in [-0.15, -0.1) is 0 Å². The molecule has 0 saturated carbocycles. The lowest BCUT2D eigenvalue weighted by Gasteiger charge is -2.09. The van der Waals surface area contributed by atoms with E-state index in [1.165, 1.54) is 12.1 Å². The van der Waals surface area contributed by atoms with Gasteiger partial charge in [0, 0.05) is 11.9 Å². The zero-order valence-electron chi connectivity index (χ0n) is 8.85. The number of nitrogens with two attached hydrogens (primary N) is 1. The second-order valence-electron chi connectivity index (χ2n) is 3.40. The van der Waals surface area contributed by atoms with Crippen molar-refractivity contribution in [1.29, 1.82) is 0 Å². The molecular formula is C12H10FN3S. The summed E-state index contributed by atoms with van der Waals surface area (Å²) in [5.74, 6) is 0.276. The lowest BCUT2D eigenvalue weighted by Crippen LogP contribution is -2.12. The molecule has 1 aromatic carbocycles. The number of aromatic nitrogens is 1. The van der Waals surface area contributed by atoms with E-state index in [4.69, 9.17) is 18.0 Å². The summed E-state index contributed by atoms with van der Waals surface area (Å²) in [5, 5.41) is 3.04. The number of anilines is 2. The number of benzene rings is 1. The van der Waals surface area contributed by atoms with Crippen molar-refractivity contribution in [2.45, 2.75) is 0 Å². The van der Waals surface area contributed by atoms with Crippen LogP contribution < -0.4 is 11.1 Å². The predicted molar refractivity (Wildman–Crippen MR) is 69.8 cm³/mol. The summed E-state index contributed by atoms with van der Waals surface area (Å²) in [4.78, 5) is 4.41. The molecule has 3 N–H and O–H groups in total.